The molecule has 1 heterocycles. The molecular weight excluding hydrogens is 310 g/mol. The molecule has 1 aliphatic rings. The van der Waals surface area contributed by atoms with E-state index in [1.807, 2.05) is 49.5 Å². The van der Waals surface area contributed by atoms with E-state index >= 15 is 0 Å². The second-order valence-electron chi connectivity index (χ2n) is 6.61. The average Bonchev–Trinajstić information content (AvgIpc) is 3.51. The molecule has 4 nitrogen and oxygen atoms in total. The van der Waals surface area contributed by atoms with Crippen LogP contribution in [0.5, 0.6) is 0 Å². The van der Waals surface area contributed by atoms with E-state index < -0.39 is 0 Å². The minimum absolute atomic E-state index is 0.0201. The van der Waals surface area contributed by atoms with Gasteiger partial charge in [0.25, 0.3) is 5.91 Å². The van der Waals surface area contributed by atoms with Crippen molar-refractivity contribution < 1.29 is 4.79 Å². The molecule has 2 aromatic carbocycles. The smallest absolute Gasteiger partial charge is 0.259 e. The highest BCUT2D eigenvalue weighted by Crippen LogP contribution is 2.41. The van der Waals surface area contributed by atoms with Gasteiger partial charge < -0.3 is 10.6 Å². The standard InChI is InChI=1S/C21H21N3O/c1-24(18-10-8-14-4-2-3-5-16(14)12-18)21(25)19-11-9-17(13-22)23-20(19)15-6-7-15/h2-5,8-12,15H,6-7,13,22H2,1H3. The molecule has 0 bridgehead atoms. The van der Waals surface area contributed by atoms with Crippen LogP contribution in [0.1, 0.15) is 40.5 Å². The first kappa shape index (κ1) is 15.8. The third-order valence-corrected chi connectivity index (χ3v) is 4.81. The van der Waals surface area contributed by atoms with Gasteiger partial charge in [-0.15, -0.1) is 0 Å². The molecule has 0 unspecified atom stereocenters. The van der Waals surface area contributed by atoms with E-state index in [4.69, 9.17) is 5.73 Å². The number of carbonyl (C=O) groups excluding carboxylic acids is 1. The topological polar surface area (TPSA) is 59.2 Å². The minimum Gasteiger partial charge on any atom is -0.325 e. The van der Waals surface area contributed by atoms with E-state index in [1.54, 1.807) is 4.90 Å². The van der Waals surface area contributed by atoms with E-state index in [1.165, 1.54) is 5.39 Å². The monoisotopic (exact) mass is 331 g/mol. The van der Waals surface area contributed by atoms with Crippen molar-refractivity contribution in [3.8, 4) is 0 Å². The Bertz CT molecular complexity index is 947. The van der Waals surface area contributed by atoms with Gasteiger partial charge in [0.05, 0.1) is 17.0 Å². The molecule has 1 fully saturated rings. The third kappa shape index (κ3) is 3.01. The molecule has 0 saturated heterocycles. The second-order valence-corrected chi connectivity index (χ2v) is 6.61. The Morgan fingerprint density at radius 3 is 2.60 bits per heavy atom. The lowest BCUT2D eigenvalue weighted by Crippen LogP contribution is -2.27. The molecule has 0 atom stereocenters. The molecule has 1 aromatic heterocycles. The van der Waals surface area contributed by atoms with Crippen molar-refractivity contribution in [1.82, 2.24) is 4.98 Å². The Morgan fingerprint density at radius 2 is 1.88 bits per heavy atom. The molecule has 25 heavy (non-hydrogen) atoms. The Morgan fingerprint density at radius 1 is 1.12 bits per heavy atom. The zero-order valence-electron chi connectivity index (χ0n) is 14.3. The van der Waals surface area contributed by atoms with Crippen molar-refractivity contribution in [3.05, 3.63) is 71.5 Å². The van der Waals surface area contributed by atoms with Crippen LogP contribution in [0.3, 0.4) is 0 Å². The predicted molar refractivity (Wildman–Crippen MR) is 101 cm³/mol. The van der Waals surface area contributed by atoms with Crippen LogP contribution in [0, 0.1) is 0 Å². The zero-order chi connectivity index (χ0) is 17.4. The quantitative estimate of drug-likeness (QED) is 0.790. The third-order valence-electron chi connectivity index (χ3n) is 4.81. The van der Waals surface area contributed by atoms with E-state index in [0.717, 1.165) is 35.3 Å². The van der Waals surface area contributed by atoms with Crippen molar-refractivity contribution in [2.24, 2.45) is 5.73 Å². The van der Waals surface area contributed by atoms with Gasteiger partial charge in [-0.2, -0.15) is 0 Å². The summed E-state index contributed by atoms with van der Waals surface area (Å²) in [5, 5.41) is 2.29. The van der Waals surface area contributed by atoms with Gasteiger partial charge in [-0.05, 0) is 47.9 Å². The highest BCUT2D eigenvalue weighted by Gasteiger charge is 2.31. The number of hydrogen-bond acceptors (Lipinski definition) is 3. The highest BCUT2D eigenvalue weighted by atomic mass is 16.2. The number of nitrogens with zero attached hydrogens (tertiary/aromatic N) is 2. The van der Waals surface area contributed by atoms with Crippen LogP contribution in [-0.4, -0.2) is 17.9 Å². The Hall–Kier alpha value is -2.72. The highest BCUT2D eigenvalue weighted by molar-refractivity contribution is 6.07. The summed E-state index contributed by atoms with van der Waals surface area (Å²) >= 11 is 0. The Labute approximate surface area is 147 Å². The van der Waals surface area contributed by atoms with Gasteiger partial charge in [0.2, 0.25) is 0 Å². The van der Waals surface area contributed by atoms with Crippen molar-refractivity contribution in [2.45, 2.75) is 25.3 Å². The fourth-order valence-electron chi connectivity index (χ4n) is 3.16. The number of pyridine rings is 1. The first-order chi connectivity index (χ1) is 12.2. The lowest BCUT2D eigenvalue weighted by atomic mass is 10.1. The van der Waals surface area contributed by atoms with E-state index in [2.05, 4.69) is 17.1 Å². The number of anilines is 1. The van der Waals surface area contributed by atoms with Crippen molar-refractivity contribution >= 4 is 22.4 Å². The van der Waals surface area contributed by atoms with E-state index in [-0.39, 0.29) is 5.91 Å². The normalized spacial score (nSPS) is 13.8. The molecule has 2 N–H and O–H groups in total. The first-order valence-electron chi connectivity index (χ1n) is 8.64. The summed E-state index contributed by atoms with van der Waals surface area (Å²) in [5.41, 5.74) is 9.03. The van der Waals surface area contributed by atoms with Gasteiger partial charge in [0.15, 0.2) is 0 Å². The van der Waals surface area contributed by atoms with Gasteiger partial charge in [0, 0.05) is 25.2 Å². The van der Waals surface area contributed by atoms with Crippen LogP contribution in [0.25, 0.3) is 10.8 Å². The maximum Gasteiger partial charge on any atom is 0.259 e. The molecule has 0 radical (unpaired) electrons. The minimum atomic E-state index is -0.0201. The molecule has 1 aliphatic carbocycles. The summed E-state index contributed by atoms with van der Waals surface area (Å²) in [6, 6.07) is 18.0. The summed E-state index contributed by atoms with van der Waals surface area (Å²) in [7, 11) is 1.82. The predicted octanol–water partition coefficient (Wildman–Crippen LogP) is 3.85. The number of hydrogen-bond donors (Lipinski definition) is 1. The summed E-state index contributed by atoms with van der Waals surface area (Å²) in [5.74, 6) is 0.378. The van der Waals surface area contributed by atoms with Crippen LogP contribution in [0.2, 0.25) is 0 Å². The Balaban J connectivity index is 1.69. The number of amides is 1. The zero-order valence-corrected chi connectivity index (χ0v) is 14.3. The van der Waals surface area contributed by atoms with Gasteiger partial charge in [-0.25, -0.2) is 0 Å². The maximum absolute atomic E-state index is 13.1. The maximum atomic E-state index is 13.1. The second kappa shape index (κ2) is 6.30. The molecule has 4 rings (SSSR count). The van der Waals surface area contributed by atoms with Gasteiger partial charge in [-0.3, -0.25) is 9.78 Å². The fourth-order valence-corrected chi connectivity index (χ4v) is 3.16. The molecular formula is C21H21N3O. The molecule has 1 amide bonds. The van der Waals surface area contributed by atoms with Crippen molar-refractivity contribution in [1.29, 1.82) is 0 Å². The molecule has 0 aliphatic heterocycles. The van der Waals surface area contributed by atoms with E-state index in [0.29, 0.717) is 18.0 Å². The number of carbonyl (C=O) groups is 1. The van der Waals surface area contributed by atoms with Crippen LogP contribution in [0.4, 0.5) is 5.69 Å². The first-order valence-corrected chi connectivity index (χ1v) is 8.64. The molecule has 0 spiro atoms. The Kier molecular flexibility index (Phi) is 3.98. The fraction of sp³-hybridized carbons (Fsp3) is 0.238. The largest absolute Gasteiger partial charge is 0.325 e. The number of nitrogens with two attached hydrogens (primary N) is 1. The van der Waals surface area contributed by atoms with Crippen LogP contribution >= 0.6 is 0 Å². The summed E-state index contributed by atoms with van der Waals surface area (Å²) in [4.78, 5) is 19.4. The summed E-state index contributed by atoms with van der Waals surface area (Å²) in [6.45, 7) is 0.398. The average molecular weight is 331 g/mol. The number of benzene rings is 2. The number of aromatic nitrogens is 1. The SMILES string of the molecule is CN(C(=O)c1ccc(CN)nc1C1CC1)c1ccc2ccccc2c1. The number of rotatable bonds is 4. The van der Waals surface area contributed by atoms with Crippen molar-refractivity contribution in [2.75, 3.05) is 11.9 Å². The van der Waals surface area contributed by atoms with Gasteiger partial charge >= 0.3 is 0 Å². The lowest BCUT2D eigenvalue weighted by Gasteiger charge is -2.20. The molecule has 1 saturated carbocycles. The number of fused-ring (bicyclic) bond motifs is 1. The van der Waals surface area contributed by atoms with E-state index in [9.17, 15) is 4.79 Å². The van der Waals surface area contributed by atoms with Crippen molar-refractivity contribution in [3.63, 3.8) is 0 Å². The summed E-state index contributed by atoms with van der Waals surface area (Å²) < 4.78 is 0. The molecule has 4 heteroatoms. The molecule has 126 valence electrons. The summed E-state index contributed by atoms with van der Waals surface area (Å²) in [6.07, 6.45) is 2.20. The van der Waals surface area contributed by atoms with Crippen LogP contribution in [0.15, 0.2) is 54.6 Å². The molecule has 3 aromatic rings. The van der Waals surface area contributed by atoms with Gasteiger partial charge in [0.1, 0.15) is 0 Å². The van der Waals surface area contributed by atoms with Crippen LogP contribution < -0.4 is 10.6 Å². The lowest BCUT2D eigenvalue weighted by molar-refractivity contribution is 0.0991. The van der Waals surface area contributed by atoms with Gasteiger partial charge in [-0.1, -0.05) is 30.3 Å². The van der Waals surface area contributed by atoms with Crippen LogP contribution in [-0.2, 0) is 6.54 Å².